The van der Waals surface area contributed by atoms with Crippen LogP contribution in [0.4, 0.5) is 0 Å². The van der Waals surface area contributed by atoms with Crippen LogP contribution in [0.1, 0.15) is 51.1 Å². The maximum atomic E-state index is 5.88. The van der Waals surface area contributed by atoms with Gasteiger partial charge in [0.25, 0.3) is 0 Å². The molecule has 0 aromatic carbocycles. The second-order valence-electron chi connectivity index (χ2n) is 5.59. The van der Waals surface area contributed by atoms with Gasteiger partial charge < -0.3 is 15.5 Å². The molecule has 0 saturated heterocycles. The van der Waals surface area contributed by atoms with Gasteiger partial charge in [-0.3, -0.25) is 0 Å². The Hall–Kier alpha value is -1.31. The first-order valence-electron chi connectivity index (χ1n) is 8.26. The molecule has 0 radical (unpaired) electrons. The van der Waals surface area contributed by atoms with Crippen LogP contribution >= 0.6 is 24.0 Å². The average Bonchev–Trinajstić information content (AvgIpc) is 2.95. The van der Waals surface area contributed by atoms with E-state index < -0.39 is 0 Å². The highest BCUT2D eigenvalue weighted by Gasteiger charge is 2.00. The molecule has 0 aliphatic carbocycles. The zero-order valence-electron chi connectivity index (χ0n) is 13.9. The fourth-order valence-corrected chi connectivity index (χ4v) is 2.41. The molecule has 23 heavy (non-hydrogen) atoms. The Labute approximate surface area is 155 Å². The van der Waals surface area contributed by atoms with Crippen LogP contribution < -0.4 is 11.1 Å². The molecule has 3 N–H and O–H groups in total. The van der Waals surface area contributed by atoms with Gasteiger partial charge in [0.1, 0.15) is 5.65 Å². The number of nitrogens with zero attached hydrogens (tertiary/aromatic N) is 3. The van der Waals surface area contributed by atoms with Gasteiger partial charge in [-0.1, -0.05) is 45.1 Å². The molecule has 0 aliphatic heterocycles. The molecular weight excluding hydrogens is 401 g/mol. The number of nitrogens with two attached hydrogens (primary N) is 1. The molecule has 2 rings (SSSR count). The topological polar surface area (TPSA) is 67.7 Å². The van der Waals surface area contributed by atoms with E-state index in [9.17, 15) is 0 Å². The molecule has 6 heteroatoms. The van der Waals surface area contributed by atoms with Gasteiger partial charge in [-0.2, -0.15) is 0 Å². The lowest BCUT2D eigenvalue weighted by atomic mass is 10.1. The highest BCUT2D eigenvalue weighted by Crippen LogP contribution is 2.05. The molecule has 5 nitrogen and oxygen atoms in total. The van der Waals surface area contributed by atoms with Crippen LogP contribution in [0, 0.1) is 0 Å². The van der Waals surface area contributed by atoms with Crippen LogP contribution in [0.15, 0.2) is 35.6 Å². The minimum atomic E-state index is 0. The van der Waals surface area contributed by atoms with E-state index in [0.717, 1.165) is 24.3 Å². The summed E-state index contributed by atoms with van der Waals surface area (Å²) in [5, 5.41) is 3.17. The summed E-state index contributed by atoms with van der Waals surface area (Å²) < 4.78 is 1.99. The third-order valence-electron chi connectivity index (χ3n) is 3.66. The number of nitrogens with one attached hydrogen (secondary N) is 1. The largest absolute Gasteiger partial charge is 0.370 e. The van der Waals surface area contributed by atoms with Crippen molar-refractivity contribution < 1.29 is 0 Å². The molecule has 0 spiro atoms. The van der Waals surface area contributed by atoms with Gasteiger partial charge in [-0.15, -0.1) is 24.0 Å². The number of aromatic nitrogens is 2. The first kappa shape index (κ1) is 19.7. The second-order valence-corrected chi connectivity index (χ2v) is 5.59. The summed E-state index contributed by atoms with van der Waals surface area (Å²) in [7, 11) is 0. The van der Waals surface area contributed by atoms with Crippen LogP contribution in [-0.4, -0.2) is 21.9 Å². The fourth-order valence-electron chi connectivity index (χ4n) is 2.41. The summed E-state index contributed by atoms with van der Waals surface area (Å²) in [6, 6.07) is 5.94. The standard InChI is InChI=1S/C17H27N5.HI/c1-2-3-4-5-6-8-11-19-17(18)20-13-15-14-22-12-9-7-10-16(22)21-15;/h7,9-10,12,14H,2-6,8,11,13H2,1H3,(H3,18,19,20);1H. The van der Waals surface area contributed by atoms with Crippen LogP contribution in [-0.2, 0) is 6.54 Å². The van der Waals surface area contributed by atoms with Crippen molar-refractivity contribution in [2.24, 2.45) is 10.7 Å². The number of aliphatic imine (C=N–C) groups is 1. The number of halogens is 1. The quantitative estimate of drug-likeness (QED) is 0.276. The van der Waals surface area contributed by atoms with Crippen molar-refractivity contribution in [3.63, 3.8) is 0 Å². The number of hydrogen-bond acceptors (Lipinski definition) is 2. The molecular formula is C17H28IN5. The summed E-state index contributed by atoms with van der Waals surface area (Å²) >= 11 is 0. The molecule has 0 aliphatic rings. The maximum absolute atomic E-state index is 5.88. The molecule has 2 aromatic heterocycles. The predicted molar refractivity (Wildman–Crippen MR) is 107 cm³/mol. The number of hydrogen-bond donors (Lipinski definition) is 2. The van der Waals surface area contributed by atoms with Crippen molar-refractivity contribution >= 4 is 35.6 Å². The van der Waals surface area contributed by atoms with E-state index in [1.54, 1.807) is 0 Å². The number of unbranched alkanes of at least 4 members (excludes halogenated alkanes) is 5. The molecule has 0 atom stereocenters. The lowest BCUT2D eigenvalue weighted by Crippen LogP contribution is -2.32. The van der Waals surface area contributed by atoms with Gasteiger partial charge in [0.15, 0.2) is 5.96 Å². The van der Waals surface area contributed by atoms with Crippen LogP contribution in [0.5, 0.6) is 0 Å². The predicted octanol–water partition coefficient (Wildman–Crippen LogP) is 3.72. The van der Waals surface area contributed by atoms with E-state index in [1.807, 2.05) is 35.0 Å². The zero-order chi connectivity index (χ0) is 15.6. The first-order chi connectivity index (χ1) is 10.8. The van der Waals surface area contributed by atoms with Crippen molar-refractivity contribution in [3.05, 3.63) is 36.3 Å². The van der Waals surface area contributed by atoms with Crippen LogP contribution in [0.2, 0.25) is 0 Å². The fraction of sp³-hybridized carbons (Fsp3) is 0.529. The van der Waals surface area contributed by atoms with E-state index in [0.29, 0.717) is 12.5 Å². The Morgan fingerprint density at radius 1 is 1.22 bits per heavy atom. The zero-order valence-corrected chi connectivity index (χ0v) is 16.2. The van der Waals surface area contributed by atoms with Crippen molar-refractivity contribution in [2.45, 2.75) is 52.0 Å². The summed E-state index contributed by atoms with van der Waals surface area (Å²) in [5.74, 6) is 0.505. The van der Waals surface area contributed by atoms with E-state index in [1.165, 1.54) is 32.1 Å². The molecule has 0 unspecified atom stereocenters. The number of fused-ring (bicyclic) bond motifs is 1. The van der Waals surface area contributed by atoms with Gasteiger partial charge in [-0.05, 0) is 18.6 Å². The normalized spacial score (nSPS) is 11.4. The summed E-state index contributed by atoms with van der Waals surface area (Å²) in [4.78, 5) is 8.84. The van der Waals surface area contributed by atoms with Crippen molar-refractivity contribution in [2.75, 3.05) is 6.54 Å². The molecule has 0 bridgehead atoms. The maximum Gasteiger partial charge on any atom is 0.188 e. The Kier molecular flexibility index (Phi) is 9.66. The van der Waals surface area contributed by atoms with Crippen molar-refractivity contribution in [3.8, 4) is 0 Å². The highest BCUT2D eigenvalue weighted by molar-refractivity contribution is 14.0. The molecule has 2 heterocycles. The average molecular weight is 429 g/mol. The van der Waals surface area contributed by atoms with E-state index in [-0.39, 0.29) is 24.0 Å². The summed E-state index contributed by atoms with van der Waals surface area (Å²) in [6.45, 7) is 3.64. The minimum Gasteiger partial charge on any atom is -0.370 e. The van der Waals surface area contributed by atoms with E-state index in [2.05, 4.69) is 22.2 Å². The molecule has 0 amide bonds. The van der Waals surface area contributed by atoms with Crippen molar-refractivity contribution in [1.82, 2.24) is 14.7 Å². The molecule has 2 aromatic rings. The molecule has 0 fully saturated rings. The third kappa shape index (κ3) is 7.20. The van der Waals surface area contributed by atoms with Gasteiger partial charge in [0.05, 0.1) is 12.2 Å². The van der Waals surface area contributed by atoms with Gasteiger partial charge in [0, 0.05) is 18.9 Å². The Morgan fingerprint density at radius 3 is 2.78 bits per heavy atom. The Bertz CT molecular complexity index is 560. The van der Waals surface area contributed by atoms with Gasteiger partial charge in [-0.25, -0.2) is 9.98 Å². The lowest BCUT2D eigenvalue weighted by Gasteiger charge is -2.05. The lowest BCUT2D eigenvalue weighted by molar-refractivity contribution is 0.601. The number of guanidine groups is 1. The Balaban J connectivity index is 0.00000264. The second kappa shape index (κ2) is 11.3. The van der Waals surface area contributed by atoms with Gasteiger partial charge >= 0.3 is 0 Å². The highest BCUT2D eigenvalue weighted by atomic mass is 127. The Morgan fingerprint density at radius 2 is 2.00 bits per heavy atom. The molecule has 0 saturated carbocycles. The molecule has 128 valence electrons. The monoisotopic (exact) mass is 429 g/mol. The summed E-state index contributed by atoms with van der Waals surface area (Å²) in [5.41, 5.74) is 7.75. The number of rotatable bonds is 9. The van der Waals surface area contributed by atoms with E-state index in [4.69, 9.17) is 5.73 Å². The number of imidazole rings is 1. The smallest absolute Gasteiger partial charge is 0.188 e. The SMILES string of the molecule is CCCCCCCCNC(N)=NCc1cn2ccccc2n1.I. The number of pyridine rings is 1. The van der Waals surface area contributed by atoms with Crippen LogP contribution in [0.3, 0.4) is 0 Å². The first-order valence-corrected chi connectivity index (χ1v) is 8.26. The van der Waals surface area contributed by atoms with Gasteiger partial charge in [0.2, 0.25) is 0 Å². The van der Waals surface area contributed by atoms with E-state index >= 15 is 0 Å². The minimum absolute atomic E-state index is 0. The van der Waals surface area contributed by atoms with Crippen molar-refractivity contribution in [1.29, 1.82) is 0 Å². The summed E-state index contributed by atoms with van der Waals surface area (Å²) in [6.07, 6.45) is 11.7. The third-order valence-corrected chi connectivity index (χ3v) is 3.66. The van der Waals surface area contributed by atoms with Crippen LogP contribution in [0.25, 0.3) is 5.65 Å².